The van der Waals surface area contributed by atoms with Crippen LogP contribution in [0.5, 0.6) is 0 Å². The van der Waals surface area contributed by atoms with E-state index in [0.29, 0.717) is 18.7 Å². The first-order valence-electron chi connectivity index (χ1n) is 6.96. The number of amides is 2. The Kier molecular flexibility index (Phi) is 5.26. The molecule has 1 saturated carbocycles. The molecule has 0 unspecified atom stereocenters. The van der Waals surface area contributed by atoms with E-state index in [0.717, 1.165) is 45.1 Å². The summed E-state index contributed by atoms with van der Waals surface area (Å²) in [6.07, 6.45) is 6.82. The number of carbonyl (C=O) groups is 1. The van der Waals surface area contributed by atoms with Gasteiger partial charge in [-0.25, -0.2) is 4.79 Å². The van der Waals surface area contributed by atoms with Gasteiger partial charge in [-0.05, 0) is 38.5 Å². The second-order valence-electron chi connectivity index (χ2n) is 5.20. The molecule has 1 aliphatic carbocycles. The van der Waals surface area contributed by atoms with Gasteiger partial charge in [0.1, 0.15) is 0 Å². The SMILES string of the molecule is COC1CCC(NC(=O)NC[C@H]2CCCO2)CC1. The first-order valence-corrected chi connectivity index (χ1v) is 6.96. The number of nitrogens with one attached hydrogen (secondary N) is 2. The maximum Gasteiger partial charge on any atom is 0.315 e. The van der Waals surface area contributed by atoms with Crippen LogP contribution < -0.4 is 10.6 Å². The highest BCUT2D eigenvalue weighted by molar-refractivity contribution is 5.74. The van der Waals surface area contributed by atoms with E-state index in [4.69, 9.17) is 9.47 Å². The maximum absolute atomic E-state index is 11.7. The average Bonchev–Trinajstić information content (AvgIpc) is 2.90. The quantitative estimate of drug-likeness (QED) is 0.800. The lowest BCUT2D eigenvalue weighted by molar-refractivity contribution is 0.0633. The topological polar surface area (TPSA) is 59.6 Å². The van der Waals surface area contributed by atoms with Crippen molar-refractivity contribution in [2.45, 2.75) is 56.8 Å². The number of carbonyl (C=O) groups excluding carboxylic acids is 1. The molecular formula is C13H24N2O3. The number of hydrogen-bond acceptors (Lipinski definition) is 3. The predicted molar refractivity (Wildman–Crippen MR) is 68.6 cm³/mol. The van der Waals surface area contributed by atoms with Crippen molar-refractivity contribution < 1.29 is 14.3 Å². The van der Waals surface area contributed by atoms with Crippen molar-refractivity contribution in [2.24, 2.45) is 0 Å². The van der Waals surface area contributed by atoms with Crippen LogP contribution >= 0.6 is 0 Å². The molecule has 2 aliphatic rings. The molecule has 104 valence electrons. The third-order valence-electron chi connectivity index (χ3n) is 3.86. The molecule has 1 aliphatic heterocycles. The van der Waals surface area contributed by atoms with Crippen molar-refractivity contribution in [3.63, 3.8) is 0 Å². The van der Waals surface area contributed by atoms with Gasteiger partial charge in [-0.3, -0.25) is 0 Å². The highest BCUT2D eigenvalue weighted by atomic mass is 16.5. The minimum Gasteiger partial charge on any atom is -0.381 e. The Hall–Kier alpha value is -0.810. The Morgan fingerprint density at radius 2 is 2.06 bits per heavy atom. The molecule has 1 heterocycles. The summed E-state index contributed by atoms with van der Waals surface area (Å²) in [5.74, 6) is 0. The summed E-state index contributed by atoms with van der Waals surface area (Å²) in [5.41, 5.74) is 0. The fourth-order valence-corrected chi connectivity index (χ4v) is 2.69. The Balaban J connectivity index is 1.59. The summed E-state index contributed by atoms with van der Waals surface area (Å²) in [4.78, 5) is 11.7. The summed E-state index contributed by atoms with van der Waals surface area (Å²) >= 11 is 0. The van der Waals surface area contributed by atoms with Gasteiger partial charge in [0.15, 0.2) is 0 Å². The molecular weight excluding hydrogens is 232 g/mol. The van der Waals surface area contributed by atoms with Gasteiger partial charge in [0.25, 0.3) is 0 Å². The fourth-order valence-electron chi connectivity index (χ4n) is 2.69. The fraction of sp³-hybridized carbons (Fsp3) is 0.923. The van der Waals surface area contributed by atoms with Crippen molar-refractivity contribution in [3.8, 4) is 0 Å². The molecule has 18 heavy (non-hydrogen) atoms. The summed E-state index contributed by atoms with van der Waals surface area (Å²) in [6.45, 7) is 1.45. The van der Waals surface area contributed by atoms with E-state index in [9.17, 15) is 4.79 Å². The van der Waals surface area contributed by atoms with Crippen molar-refractivity contribution in [3.05, 3.63) is 0 Å². The van der Waals surface area contributed by atoms with E-state index in [-0.39, 0.29) is 12.1 Å². The van der Waals surface area contributed by atoms with Crippen LogP contribution in [-0.4, -0.2) is 44.5 Å². The van der Waals surface area contributed by atoms with Crippen LogP contribution in [0, 0.1) is 0 Å². The van der Waals surface area contributed by atoms with Crippen LogP contribution in [0.15, 0.2) is 0 Å². The number of hydrogen-bond donors (Lipinski definition) is 2. The summed E-state index contributed by atoms with van der Waals surface area (Å²) < 4.78 is 10.8. The molecule has 1 saturated heterocycles. The monoisotopic (exact) mass is 256 g/mol. The molecule has 1 atom stereocenters. The molecule has 2 amide bonds. The lowest BCUT2D eigenvalue weighted by Gasteiger charge is -2.28. The highest BCUT2D eigenvalue weighted by Gasteiger charge is 2.22. The van der Waals surface area contributed by atoms with E-state index in [1.807, 2.05) is 0 Å². The second-order valence-corrected chi connectivity index (χ2v) is 5.20. The summed E-state index contributed by atoms with van der Waals surface area (Å²) in [7, 11) is 1.76. The molecule has 0 aromatic carbocycles. The average molecular weight is 256 g/mol. The molecule has 2 fully saturated rings. The van der Waals surface area contributed by atoms with Crippen LogP contribution in [0.1, 0.15) is 38.5 Å². The van der Waals surface area contributed by atoms with E-state index in [2.05, 4.69) is 10.6 Å². The van der Waals surface area contributed by atoms with Gasteiger partial charge in [-0.15, -0.1) is 0 Å². The number of methoxy groups -OCH3 is 1. The summed E-state index contributed by atoms with van der Waals surface area (Å²) in [6, 6.07) is 0.229. The van der Waals surface area contributed by atoms with Gasteiger partial charge >= 0.3 is 6.03 Å². The van der Waals surface area contributed by atoms with E-state index < -0.39 is 0 Å². The Morgan fingerprint density at radius 3 is 2.67 bits per heavy atom. The van der Waals surface area contributed by atoms with Gasteiger partial charge in [-0.2, -0.15) is 0 Å². The molecule has 0 aromatic rings. The predicted octanol–water partition coefficient (Wildman–Crippen LogP) is 1.42. The molecule has 0 bridgehead atoms. The minimum atomic E-state index is -0.0635. The zero-order valence-electron chi connectivity index (χ0n) is 11.1. The van der Waals surface area contributed by atoms with Gasteiger partial charge in [0.05, 0.1) is 12.2 Å². The lowest BCUT2D eigenvalue weighted by atomic mass is 9.93. The van der Waals surface area contributed by atoms with Crippen molar-refractivity contribution >= 4 is 6.03 Å². The van der Waals surface area contributed by atoms with Crippen molar-refractivity contribution in [2.75, 3.05) is 20.3 Å². The lowest BCUT2D eigenvalue weighted by Crippen LogP contribution is -2.46. The standard InChI is InChI=1S/C13H24N2O3/c1-17-11-6-4-10(5-7-11)15-13(16)14-9-12-3-2-8-18-12/h10-12H,2-9H2,1H3,(H2,14,15,16)/t10?,11?,12-/m1/s1. The largest absolute Gasteiger partial charge is 0.381 e. The van der Waals surface area contributed by atoms with Crippen LogP contribution in [0.25, 0.3) is 0 Å². The zero-order valence-corrected chi connectivity index (χ0v) is 11.1. The first kappa shape index (κ1) is 13.6. The molecule has 2 rings (SSSR count). The normalized spacial score (nSPS) is 32.2. The molecule has 0 radical (unpaired) electrons. The zero-order chi connectivity index (χ0) is 12.8. The third kappa shape index (κ3) is 4.14. The second kappa shape index (κ2) is 6.95. The molecule has 5 nitrogen and oxygen atoms in total. The molecule has 0 spiro atoms. The Bertz CT molecular complexity index is 259. The third-order valence-corrected chi connectivity index (χ3v) is 3.86. The van der Waals surface area contributed by atoms with Gasteiger partial charge in [0, 0.05) is 26.3 Å². The molecule has 2 N–H and O–H groups in total. The maximum atomic E-state index is 11.7. The van der Waals surface area contributed by atoms with Crippen molar-refractivity contribution in [1.29, 1.82) is 0 Å². The van der Waals surface area contributed by atoms with E-state index in [1.54, 1.807) is 7.11 Å². The molecule has 5 heteroatoms. The van der Waals surface area contributed by atoms with Gasteiger partial charge in [0.2, 0.25) is 0 Å². The number of ether oxygens (including phenoxy) is 2. The van der Waals surface area contributed by atoms with Gasteiger partial charge < -0.3 is 20.1 Å². The van der Waals surface area contributed by atoms with Crippen LogP contribution in [-0.2, 0) is 9.47 Å². The van der Waals surface area contributed by atoms with E-state index >= 15 is 0 Å². The van der Waals surface area contributed by atoms with Crippen molar-refractivity contribution in [1.82, 2.24) is 10.6 Å². The number of rotatable bonds is 4. The van der Waals surface area contributed by atoms with Crippen LogP contribution in [0.3, 0.4) is 0 Å². The minimum absolute atomic E-state index is 0.0635. The Morgan fingerprint density at radius 1 is 1.28 bits per heavy atom. The van der Waals surface area contributed by atoms with E-state index in [1.165, 1.54) is 0 Å². The smallest absolute Gasteiger partial charge is 0.315 e. The van der Waals surface area contributed by atoms with Gasteiger partial charge in [-0.1, -0.05) is 0 Å². The Labute approximate surface area is 109 Å². The molecule has 0 aromatic heterocycles. The summed E-state index contributed by atoms with van der Waals surface area (Å²) in [5, 5.41) is 5.92. The first-order chi connectivity index (χ1) is 8.78. The van der Waals surface area contributed by atoms with Crippen LogP contribution in [0.2, 0.25) is 0 Å². The number of urea groups is 1. The highest BCUT2D eigenvalue weighted by Crippen LogP contribution is 2.20. The van der Waals surface area contributed by atoms with Crippen LogP contribution in [0.4, 0.5) is 4.79 Å².